The van der Waals surface area contributed by atoms with Crippen LogP contribution >= 0.6 is 0 Å². The van der Waals surface area contributed by atoms with Crippen molar-refractivity contribution in [1.29, 1.82) is 0 Å². The number of ether oxygens (including phenoxy) is 2. The van der Waals surface area contributed by atoms with E-state index in [0.29, 0.717) is 18.9 Å². The molecule has 2 aromatic rings. The molecule has 0 radical (unpaired) electrons. The quantitative estimate of drug-likeness (QED) is 0.725. The van der Waals surface area contributed by atoms with Crippen LogP contribution in [0, 0.1) is 5.41 Å². The molecule has 0 N–H and O–H groups in total. The van der Waals surface area contributed by atoms with E-state index in [-0.39, 0.29) is 5.41 Å². The van der Waals surface area contributed by atoms with Crippen molar-refractivity contribution in [3.63, 3.8) is 0 Å². The van der Waals surface area contributed by atoms with E-state index in [1.54, 1.807) is 14.2 Å². The molecular formula is C24H32N2O3. The second-order valence-electron chi connectivity index (χ2n) is 8.63. The molecule has 1 aliphatic carbocycles. The van der Waals surface area contributed by atoms with Crippen LogP contribution in [-0.2, 0) is 24.3 Å². The summed E-state index contributed by atoms with van der Waals surface area (Å²) in [6.45, 7) is 2.39. The number of nitrogens with zero attached hydrogens (tertiary/aromatic N) is 2. The van der Waals surface area contributed by atoms with Gasteiger partial charge in [0.05, 0.1) is 14.2 Å². The molecule has 0 bridgehead atoms. The zero-order chi connectivity index (χ0) is 20.3. The van der Waals surface area contributed by atoms with Gasteiger partial charge in [0.15, 0.2) is 11.5 Å². The van der Waals surface area contributed by atoms with Crippen LogP contribution in [-0.4, -0.2) is 36.1 Å². The summed E-state index contributed by atoms with van der Waals surface area (Å²) >= 11 is 0. The Morgan fingerprint density at radius 2 is 1.66 bits per heavy atom. The predicted octanol–water partition coefficient (Wildman–Crippen LogP) is 4.43. The van der Waals surface area contributed by atoms with Crippen molar-refractivity contribution in [2.24, 2.45) is 5.41 Å². The van der Waals surface area contributed by atoms with E-state index in [1.165, 1.54) is 30.4 Å². The van der Waals surface area contributed by atoms with Crippen molar-refractivity contribution >= 4 is 5.91 Å². The van der Waals surface area contributed by atoms with Gasteiger partial charge in [-0.2, -0.15) is 0 Å². The zero-order valence-electron chi connectivity index (χ0n) is 17.7. The van der Waals surface area contributed by atoms with E-state index in [9.17, 15) is 4.79 Å². The second-order valence-corrected chi connectivity index (χ2v) is 8.63. The lowest BCUT2D eigenvalue weighted by molar-refractivity contribution is -0.135. The van der Waals surface area contributed by atoms with E-state index in [1.807, 2.05) is 11.0 Å². The van der Waals surface area contributed by atoms with Gasteiger partial charge in [-0.25, -0.2) is 0 Å². The Bertz CT molecular complexity index is 838. The molecule has 4 rings (SSSR count). The Hall–Kier alpha value is -2.43. The van der Waals surface area contributed by atoms with Crippen LogP contribution in [0.3, 0.4) is 0 Å². The van der Waals surface area contributed by atoms with Gasteiger partial charge in [0.1, 0.15) is 0 Å². The SMILES string of the molecule is COc1cc2c(cc1OC)CN(C(=O)CC1(Cn3cccc3)CCCCC1)CC2. The van der Waals surface area contributed by atoms with Crippen LogP contribution in [0.1, 0.15) is 49.7 Å². The molecular weight excluding hydrogens is 364 g/mol. The summed E-state index contributed by atoms with van der Waals surface area (Å²) in [5, 5.41) is 0. The van der Waals surface area contributed by atoms with Crippen LogP contribution in [0.5, 0.6) is 11.5 Å². The van der Waals surface area contributed by atoms with Gasteiger partial charge in [0.25, 0.3) is 0 Å². The molecule has 5 heteroatoms. The van der Waals surface area contributed by atoms with E-state index >= 15 is 0 Å². The molecule has 0 unspecified atom stereocenters. The molecule has 2 aliphatic rings. The van der Waals surface area contributed by atoms with Crippen LogP contribution in [0.2, 0.25) is 0 Å². The van der Waals surface area contributed by atoms with Crippen LogP contribution in [0.4, 0.5) is 0 Å². The number of benzene rings is 1. The highest BCUT2D eigenvalue weighted by molar-refractivity contribution is 5.77. The van der Waals surface area contributed by atoms with Crippen molar-refractivity contribution < 1.29 is 14.3 Å². The molecule has 1 amide bonds. The first kappa shape index (κ1) is 19.9. The van der Waals surface area contributed by atoms with Crippen molar-refractivity contribution in [2.45, 2.75) is 58.0 Å². The van der Waals surface area contributed by atoms with E-state index in [2.05, 4.69) is 35.2 Å². The third kappa shape index (κ3) is 4.29. The average molecular weight is 397 g/mol. The fraction of sp³-hybridized carbons (Fsp3) is 0.542. The fourth-order valence-corrected chi connectivity index (χ4v) is 5.08. The maximum atomic E-state index is 13.3. The molecule has 1 saturated carbocycles. The van der Waals surface area contributed by atoms with Crippen LogP contribution in [0.15, 0.2) is 36.7 Å². The normalized spacial score (nSPS) is 18.2. The molecule has 1 aliphatic heterocycles. The highest BCUT2D eigenvalue weighted by Crippen LogP contribution is 2.42. The number of carbonyl (C=O) groups is 1. The fourth-order valence-electron chi connectivity index (χ4n) is 5.08. The predicted molar refractivity (Wildman–Crippen MR) is 113 cm³/mol. The van der Waals surface area contributed by atoms with E-state index in [0.717, 1.165) is 43.9 Å². The summed E-state index contributed by atoms with van der Waals surface area (Å²) in [6.07, 6.45) is 11.8. The zero-order valence-corrected chi connectivity index (χ0v) is 17.7. The van der Waals surface area contributed by atoms with Crippen molar-refractivity contribution in [2.75, 3.05) is 20.8 Å². The Morgan fingerprint density at radius 1 is 1.00 bits per heavy atom. The average Bonchev–Trinajstić information content (AvgIpc) is 3.25. The third-order valence-electron chi connectivity index (χ3n) is 6.70. The van der Waals surface area contributed by atoms with Crippen molar-refractivity contribution in [1.82, 2.24) is 9.47 Å². The Kier molecular flexibility index (Phi) is 5.84. The molecule has 1 aromatic carbocycles. The van der Waals surface area contributed by atoms with Gasteiger partial charge in [-0.3, -0.25) is 4.79 Å². The van der Waals surface area contributed by atoms with Crippen LogP contribution < -0.4 is 9.47 Å². The lowest BCUT2D eigenvalue weighted by atomic mass is 9.71. The number of hydrogen-bond donors (Lipinski definition) is 0. The minimum Gasteiger partial charge on any atom is -0.493 e. The molecule has 0 atom stereocenters. The summed E-state index contributed by atoms with van der Waals surface area (Å²) in [5.41, 5.74) is 2.52. The maximum Gasteiger partial charge on any atom is 0.223 e. The van der Waals surface area contributed by atoms with Crippen molar-refractivity contribution in [3.05, 3.63) is 47.8 Å². The number of fused-ring (bicyclic) bond motifs is 1. The Balaban J connectivity index is 1.49. The molecule has 5 nitrogen and oxygen atoms in total. The van der Waals surface area contributed by atoms with Gasteiger partial charge < -0.3 is 18.9 Å². The van der Waals surface area contributed by atoms with Gasteiger partial charge in [-0.1, -0.05) is 19.3 Å². The molecule has 156 valence electrons. The van der Waals surface area contributed by atoms with Gasteiger partial charge in [0, 0.05) is 38.4 Å². The summed E-state index contributed by atoms with van der Waals surface area (Å²) in [6, 6.07) is 8.23. The van der Waals surface area contributed by atoms with Gasteiger partial charge >= 0.3 is 0 Å². The topological polar surface area (TPSA) is 43.7 Å². The van der Waals surface area contributed by atoms with Gasteiger partial charge in [0.2, 0.25) is 5.91 Å². The Morgan fingerprint density at radius 3 is 2.31 bits per heavy atom. The molecule has 0 spiro atoms. The standard InChI is InChI=1S/C24H32N2O3/c1-28-21-14-19-8-13-26(17-20(19)15-22(21)29-2)23(27)16-24(9-4-3-5-10-24)18-25-11-6-7-12-25/h6-7,11-12,14-15H,3-5,8-10,13,16-18H2,1-2H3. The van der Waals surface area contributed by atoms with Crippen LogP contribution in [0.25, 0.3) is 0 Å². The van der Waals surface area contributed by atoms with Gasteiger partial charge in [-0.15, -0.1) is 0 Å². The number of rotatable bonds is 6. The number of amides is 1. The minimum atomic E-state index is 0.0895. The summed E-state index contributed by atoms with van der Waals surface area (Å²) in [5.74, 6) is 1.79. The lowest BCUT2D eigenvalue weighted by Crippen LogP contribution is -2.41. The van der Waals surface area contributed by atoms with E-state index < -0.39 is 0 Å². The highest BCUT2D eigenvalue weighted by Gasteiger charge is 2.36. The van der Waals surface area contributed by atoms with Crippen molar-refractivity contribution in [3.8, 4) is 11.5 Å². The lowest BCUT2D eigenvalue weighted by Gasteiger charge is -2.39. The third-order valence-corrected chi connectivity index (χ3v) is 6.70. The highest BCUT2D eigenvalue weighted by atomic mass is 16.5. The maximum absolute atomic E-state index is 13.3. The summed E-state index contributed by atoms with van der Waals surface area (Å²) in [7, 11) is 3.32. The number of methoxy groups -OCH3 is 2. The molecule has 29 heavy (non-hydrogen) atoms. The number of hydrogen-bond acceptors (Lipinski definition) is 3. The molecule has 1 aromatic heterocycles. The molecule has 2 heterocycles. The first-order valence-electron chi connectivity index (χ1n) is 10.7. The monoisotopic (exact) mass is 396 g/mol. The summed E-state index contributed by atoms with van der Waals surface area (Å²) in [4.78, 5) is 15.4. The van der Waals surface area contributed by atoms with Gasteiger partial charge in [-0.05, 0) is 60.1 Å². The number of carbonyl (C=O) groups excluding carboxylic acids is 1. The summed E-state index contributed by atoms with van der Waals surface area (Å²) < 4.78 is 13.1. The smallest absolute Gasteiger partial charge is 0.223 e. The minimum absolute atomic E-state index is 0.0895. The second kappa shape index (κ2) is 8.52. The van der Waals surface area contributed by atoms with E-state index in [4.69, 9.17) is 9.47 Å². The first-order valence-corrected chi connectivity index (χ1v) is 10.7. The molecule has 0 saturated heterocycles. The largest absolute Gasteiger partial charge is 0.493 e. The Labute approximate surface area is 173 Å². The molecule has 1 fully saturated rings. The number of aromatic nitrogens is 1. The first-order chi connectivity index (χ1) is 14.1.